The average Bonchev–Trinajstić information content (AvgIpc) is 3.73. The number of nitrogens with zero attached hydrogens (tertiary/aromatic N) is 2. The molecule has 7 nitrogen and oxygen atoms in total. The quantitative estimate of drug-likeness (QED) is 0.349. The number of rotatable bonds is 7. The van der Waals surface area contributed by atoms with Gasteiger partial charge in [-0.1, -0.05) is 48.5 Å². The molecule has 1 aliphatic heterocycles. The number of pyridine rings is 1. The molecule has 2 N–H and O–H groups in total. The minimum atomic E-state index is -0.182. The summed E-state index contributed by atoms with van der Waals surface area (Å²) in [7, 11) is 1.66. The number of morpholine rings is 1. The monoisotopic (exact) mass is 508 g/mol. The van der Waals surface area contributed by atoms with Crippen molar-refractivity contribution in [3.63, 3.8) is 0 Å². The predicted molar refractivity (Wildman–Crippen MR) is 150 cm³/mol. The maximum Gasteiger partial charge on any atom is 0.319 e. The second kappa shape index (κ2) is 10.8. The third-order valence-corrected chi connectivity index (χ3v) is 7.45. The Hall–Kier alpha value is -3.94. The van der Waals surface area contributed by atoms with E-state index in [4.69, 9.17) is 14.5 Å². The molecule has 1 aliphatic carbocycles. The highest BCUT2D eigenvalue weighted by Crippen LogP contribution is 2.41. The zero-order chi connectivity index (χ0) is 25.9. The number of amides is 2. The second-order valence-electron chi connectivity index (χ2n) is 9.95. The van der Waals surface area contributed by atoms with Crippen molar-refractivity contribution in [2.75, 3.05) is 38.7 Å². The van der Waals surface area contributed by atoms with E-state index < -0.39 is 0 Å². The topological polar surface area (TPSA) is 75.7 Å². The lowest BCUT2D eigenvalue weighted by molar-refractivity contribution is 0.0336. The first kappa shape index (κ1) is 24.4. The first-order valence-corrected chi connectivity index (χ1v) is 13.2. The zero-order valence-corrected chi connectivity index (χ0v) is 21.5. The molecule has 2 heterocycles. The lowest BCUT2D eigenvalue weighted by Gasteiger charge is -2.26. The molecule has 2 fully saturated rings. The van der Waals surface area contributed by atoms with Gasteiger partial charge in [-0.2, -0.15) is 0 Å². The average molecular weight is 509 g/mol. The van der Waals surface area contributed by atoms with Crippen molar-refractivity contribution in [1.29, 1.82) is 0 Å². The molecule has 1 saturated heterocycles. The van der Waals surface area contributed by atoms with Gasteiger partial charge in [-0.05, 0) is 47.2 Å². The fourth-order valence-electron chi connectivity index (χ4n) is 5.23. The van der Waals surface area contributed by atoms with Crippen LogP contribution in [0.25, 0.3) is 21.9 Å². The fourth-order valence-corrected chi connectivity index (χ4v) is 5.23. The number of carbonyl (C=O) groups excluding carboxylic acids is 1. The molecule has 0 spiro atoms. The van der Waals surface area contributed by atoms with Gasteiger partial charge in [0, 0.05) is 48.7 Å². The number of carbonyl (C=O) groups is 1. The Bertz CT molecular complexity index is 1420. The molecule has 2 unspecified atom stereocenters. The molecule has 0 bridgehead atoms. The van der Waals surface area contributed by atoms with E-state index in [1.165, 1.54) is 5.56 Å². The van der Waals surface area contributed by atoms with Gasteiger partial charge in [0.15, 0.2) is 0 Å². The number of hydrogen-bond acceptors (Lipinski definition) is 5. The van der Waals surface area contributed by atoms with Crippen LogP contribution in [0.3, 0.4) is 0 Å². The Morgan fingerprint density at radius 2 is 1.79 bits per heavy atom. The number of nitrogens with one attached hydrogen (secondary N) is 2. The van der Waals surface area contributed by atoms with Crippen LogP contribution in [0.5, 0.6) is 5.75 Å². The van der Waals surface area contributed by atoms with Gasteiger partial charge in [-0.25, -0.2) is 4.79 Å². The minimum Gasteiger partial charge on any atom is -0.497 e. The van der Waals surface area contributed by atoms with Crippen molar-refractivity contribution in [1.82, 2.24) is 15.2 Å². The summed E-state index contributed by atoms with van der Waals surface area (Å²) in [6.07, 6.45) is 2.89. The maximum absolute atomic E-state index is 12.9. The summed E-state index contributed by atoms with van der Waals surface area (Å²) < 4.78 is 10.7. The van der Waals surface area contributed by atoms with E-state index >= 15 is 0 Å². The highest BCUT2D eigenvalue weighted by Gasteiger charge is 2.39. The van der Waals surface area contributed by atoms with Crippen LogP contribution in [0.15, 0.2) is 79.0 Å². The SMILES string of the molecule is COc1ccc(C2CC2NC(=O)Nc2ccc(-c3ccc(CN4CCOCC4)nc3)c3ccccc23)cc1. The number of fused-ring (bicyclic) bond motifs is 1. The fraction of sp³-hybridized carbons (Fsp3) is 0.290. The maximum atomic E-state index is 12.9. The predicted octanol–water partition coefficient (Wildman–Crippen LogP) is 5.42. The Labute approximate surface area is 222 Å². The van der Waals surface area contributed by atoms with E-state index in [0.717, 1.165) is 78.3 Å². The molecule has 0 radical (unpaired) electrons. The van der Waals surface area contributed by atoms with E-state index in [1.807, 2.05) is 42.6 Å². The first-order valence-electron chi connectivity index (χ1n) is 13.2. The van der Waals surface area contributed by atoms with Crippen LogP contribution in [0.1, 0.15) is 23.6 Å². The van der Waals surface area contributed by atoms with E-state index in [-0.39, 0.29) is 12.1 Å². The van der Waals surface area contributed by atoms with Gasteiger partial charge >= 0.3 is 6.03 Å². The van der Waals surface area contributed by atoms with Crippen LogP contribution < -0.4 is 15.4 Å². The summed E-state index contributed by atoms with van der Waals surface area (Å²) in [4.78, 5) is 20.0. The minimum absolute atomic E-state index is 0.135. The van der Waals surface area contributed by atoms with Crippen LogP contribution in [-0.4, -0.2) is 55.4 Å². The standard InChI is InChI=1S/C31H32N4O3/c1-37-24-10-7-21(8-11-24)28-18-30(28)34-31(36)33-29-13-12-25(26-4-2-3-5-27(26)29)22-6-9-23(32-19-22)20-35-14-16-38-17-15-35/h2-13,19,28,30H,14-18,20H2,1H3,(H2,33,34,36). The molecule has 194 valence electrons. The smallest absolute Gasteiger partial charge is 0.319 e. The molecule has 1 saturated carbocycles. The van der Waals surface area contributed by atoms with E-state index in [2.05, 4.69) is 51.9 Å². The molecule has 2 amide bonds. The Kier molecular flexibility index (Phi) is 6.94. The third-order valence-electron chi connectivity index (χ3n) is 7.45. The summed E-state index contributed by atoms with van der Waals surface area (Å²) in [6, 6.07) is 24.5. The van der Waals surface area contributed by atoms with Crippen molar-refractivity contribution in [2.24, 2.45) is 0 Å². The molecule has 4 aromatic rings. The Morgan fingerprint density at radius 1 is 1.00 bits per heavy atom. The Balaban J connectivity index is 1.14. The number of anilines is 1. The Morgan fingerprint density at radius 3 is 2.53 bits per heavy atom. The van der Waals surface area contributed by atoms with Crippen molar-refractivity contribution >= 4 is 22.5 Å². The zero-order valence-electron chi connectivity index (χ0n) is 21.5. The lowest BCUT2D eigenvalue weighted by atomic mass is 9.98. The molecule has 7 heteroatoms. The molecule has 6 rings (SSSR count). The molecular formula is C31H32N4O3. The number of hydrogen-bond donors (Lipinski definition) is 2. The van der Waals surface area contributed by atoms with Crippen molar-refractivity contribution in [3.8, 4) is 16.9 Å². The number of urea groups is 1. The molecule has 3 aromatic carbocycles. The van der Waals surface area contributed by atoms with Gasteiger partial charge in [-0.3, -0.25) is 9.88 Å². The number of benzene rings is 3. The summed E-state index contributed by atoms with van der Waals surface area (Å²) in [5.74, 6) is 1.18. The van der Waals surface area contributed by atoms with E-state index in [0.29, 0.717) is 5.92 Å². The van der Waals surface area contributed by atoms with Crippen LogP contribution >= 0.6 is 0 Å². The summed E-state index contributed by atoms with van der Waals surface area (Å²) in [5, 5.41) is 8.28. The van der Waals surface area contributed by atoms with Crippen LogP contribution in [0, 0.1) is 0 Å². The van der Waals surface area contributed by atoms with Gasteiger partial charge in [0.2, 0.25) is 0 Å². The van der Waals surface area contributed by atoms with Gasteiger partial charge in [-0.15, -0.1) is 0 Å². The molecule has 38 heavy (non-hydrogen) atoms. The number of ether oxygens (including phenoxy) is 2. The summed E-state index contributed by atoms with van der Waals surface area (Å²) >= 11 is 0. The van der Waals surface area contributed by atoms with Crippen molar-refractivity contribution < 1.29 is 14.3 Å². The van der Waals surface area contributed by atoms with Crippen molar-refractivity contribution in [2.45, 2.75) is 24.9 Å². The molecule has 2 aliphatic rings. The highest BCUT2D eigenvalue weighted by molar-refractivity contribution is 6.07. The van der Waals surface area contributed by atoms with Crippen LogP contribution in [-0.2, 0) is 11.3 Å². The largest absolute Gasteiger partial charge is 0.497 e. The van der Waals surface area contributed by atoms with Crippen LogP contribution in [0.2, 0.25) is 0 Å². The number of aromatic nitrogens is 1. The summed E-state index contributed by atoms with van der Waals surface area (Å²) in [6.45, 7) is 4.29. The van der Waals surface area contributed by atoms with Gasteiger partial charge < -0.3 is 20.1 Å². The van der Waals surface area contributed by atoms with Gasteiger partial charge in [0.25, 0.3) is 0 Å². The normalized spacial score (nSPS) is 19.2. The lowest BCUT2D eigenvalue weighted by Crippen LogP contribution is -2.35. The summed E-state index contributed by atoms with van der Waals surface area (Å²) in [5.41, 5.74) is 5.22. The second-order valence-corrected chi connectivity index (χ2v) is 9.95. The number of methoxy groups -OCH3 is 1. The van der Waals surface area contributed by atoms with E-state index in [1.54, 1.807) is 7.11 Å². The molecule has 1 aromatic heterocycles. The van der Waals surface area contributed by atoms with Crippen LogP contribution in [0.4, 0.5) is 10.5 Å². The third kappa shape index (κ3) is 5.35. The highest BCUT2D eigenvalue weighted by atomic mass is 16.5. The van der Waals surface area contributed by atoms with Gasteiger partial charge in [0.1, 0.15) is 5.75 Å². The molecule has 2 atom stereocenters. The van der Waals surface area contributed by atoms with Crippen molar-refractivity contribution in [3.05, 3.63) is 90.3 Å². The van der Waals surface area contributed by atoms with E-state index in [9.17, 15) is 4.79 Å². The first-order chi connectivity index (χ1) is 18.7. The molecular weight excluding hydrogens is 476 g/mol. The van der Waals surface area contributed by atoms with Gasteiger partial charge in [0.05, 0.1) is 31.7 Å².